The van der Waals surface area contributed by atoms with E-state index in [0.717, 1.165) is 11.1 Å². The molecule has 38 heavy (non-hydrogen) atoms. The second-order valence-corrected chi connectivity index (χ2v) is 9.98. The van der Waals surface area contributed by atoms with Crippen molar-refractivity contribution in [2.45, 2.75) is 44.0 Å². The van der Waals surface area contributed by atoms with Crippen LogP contribution in [0.25, 0.3) is 0 Å². The molecular weight excluding hydrogens is 484 g/mol. The predicted octanol–water partition coefficient (Wildman–Crippen LogP) is 3.66. The minimum atomic E-state index is -0.917. The standard InChI is InChI=1S/C30H34N2O6/c1-36-29-13-22(8-9-28(29)38-18-23-4-2-3-5-26(23)21-6-7-21)24-14-32(15-24)30(35)27-12-20(10-11-31-27)17-37-19-25(34)16-33/h2-5,8-13,21,24-25,33-34H,6-7,14-19H2,1H3/t25-/m0/s1. The molecule has 1 saturated heterocycles. The molecule has 8 nitrogen and oxygen atoms in total. The Bertz CT molecular complexity index is 1250. The van der Waals surface area contributed by atoms with Gasteiger partial charge in [0.25, 0.3) is 5.91 Å². The number of rotatable bonds is 12. The first-order valence-corrected chi connectivity index (χ1v) is 13.0. The number of aliphatic hydroxyl groups is 2. The fourth-order valence-electron chi connectivity index (χ4n) is 4.73. The maximum Gasteiger partial charge on any atom is 0.272 e. The van der Waals surface area contributed by atoms with Crippen LogP contribution in [0.5, 0.6) is 11.5 Å². The third-order valence-corrected chi connectivity index (χ3v) is 7.12. The highest BCUT2D eigenvalue weighted by Gasteiger charge is 2.33. The molecule has 8 heteroatoms. The number of likely N-dealkylation sites (tertiary alicyclic amines) is 1. The minimum absolute atomic E-state index is 0.0248. The highest BCUT2D eigenvalue weighted by molar-refractivity contribution is 5.93. The van der Waals surface area contributed by atoms with Gasteiger partial charge in [-0.3, -0.25) is 9.78 Å². The van der Waals surface area contributed by atoms with E-state index in [1.54, 1.807) is 30.3 Å². The van der Waals surface area contributed by atoms with Crippen molar-refractivity contribution in [3.8, 4) is 11.5 Å². The van der Waals surface area contributed by atoms with Crippen LogP contribution >= 0.6 is 0 Å². The average Bonchev–Trinajstić information content (AvgIpc) is 3.77. The summed E-state index contributed by atoms with van der Waals surface area (Å²) in [6.45, 7) is 1.60. The van der Waals surface area contributed by atoms with Gasteiger partial charge in [-0.1, -0.05) is 30.3 Å². The molecule has 2 heterocycles. The summed E-state index contributed by atoms with van der Waals surface area (Å²) in [5.74, 6) is 2.16. The summed E-state index contributed by atoms with van der Waals surface area (Å²) in [4.78, 5) is 19.0. The summed E-state index contributed by atoms with van der Waals surface area (Å²) in [5.41, 5.74) is 4.86. The van der Waals surface area contributed by atoms with E-state index < -0.39 is 6.10 Å². The van der Waals surface area contributed by atoms with Crippen LogP contribution in [0.2, 0.25) is 0 Å². The monoisotopic (exact) mass is 518 g/mol. The van der Waals surface area contributed by atoms with Gasteiger partial charge < -0.3 is 29.3 Å². The fraction of sp³-hybridized carbons (Fsp3) is 0.400. The number of ether oxygens (including phenoxy) is 3. The number of nitrogens with zero attached hydrogens (tertiary/aromatic N) is 2. The number of aliphatic hydroxyl groups excluding tert-OH is 2. The van der Waals surface area contributed by atoms with Crippen LogP contribution < -0.4 is 9.47 Å². The molecule has 1 aromatic heterocycles. The van der Waals surface area contributed by atoms with E-state index in [0.29, 0.717) is 42.8 Å². The Morgan fingerprint density at radius 1 is 1.05 bits per heavy atom. The molecular formula is C30H34N2O6. The topological polar surface area (TPSA) is 101 Å². The van der Waals surface area contributed by atoms with Gasteiger partial charge in [-0.15, -0.1) is 0 Å². The lowest BCUT2D eigenvalue weighted by atomic mass is 9.91. The Hall–Kier alpha value is -3.46. The van der Waals surface area contributed by atoms with E-state index in [9.17, 15) is 9.90 Å². The van der Waals surface area contributed by atoms with Gasteiger partial charge in [0, 0.05) is 25.2 Å². The summed E-state index contributed by atoms with van der Waals surface area (Å²) in [6.07, 6.45) is 3.17. The largest absolute Gasteiger partial charge is 0.493 e. The molecule has 2 N–H and O–H groups in total. The maximum atomic E-state index is 13.0. The lowest BCUT2D eigenvalue weighted by Crippen LogP contribution is -2.48. The molecule has 1 atom stereocenters. The quantitative estimate of drug-likeness (QED) is 0.377. The van der Waals surface area contributed by atoms with Crippen molar-refractivity contribution < 1.29 is 29.2 Å². The van der Waals surface area contributed by atoms with Crippen molar-refractivity contribution >= 4 is 5.91 Å². The normalized spacial score (nSPS) is 16.1. The van der Waals surface area contributed by atoms with Gasteiger partial charge in [-0.25, -0.2) is 0 Å². The lowest BCUT2D eigenvalue weighted by Gasteiger charge is -2.39. The van der Waals surface area contributed by atoms with Crippen LogP contribution in [0.4, 0.5) is 0 Å². The lowest BCUT2D eigenvalue weighted by molar-refractivity contribution is -0.0000165. The molecule has 2 aromatic carbocycles. The van der Waals surface area contributed by atoms with E-state index in [2.05, 4.69) is 29.2 Å². The zero-order chi connectivity index (χ0) is 26.5. The molecule has 0 bridgehead atoms. The molecule has 0 spiro atoms. The third kappa shape index (κ3) is 6.15. The van der Waals surface area contributed by atoms with Crippen LogP contribution in [0, 0.1) is 0 Å². The Balaban J connectivity index is 1.16. The van der Waals surface area contributed by atoms with Crippen LogP contribution in [0.3, 0.4) is 0 Å². The molecule has 1 aliphatic carbocycles. The number of carbonyl (C=O) groups excluding carboxylic acids is 1. The molecule has 2 fully saturated rings. The molecule has 5 rings (SSSR count). The highest BCUT2D eigenvalue weighted by atomic mass is 16.5. The molecule has 1 amide bonds. The summed E-state index contributed by atoms with van der Waals surface area (Å²) < 4.78 is 17.2. The minimum Gasteiger partial charge on any atom is -0.493 e. The van der Waals surface area contributed by atoms with Gasteiger partial charge in [-0.05, 0) is 65.3 Å². The van der Waals surface area contributed by atoms with Crippen molar-refractivity contribution in [2.24, 2.45) is 0 Å². The molecule has 2 aliphatic rings. The van der Waals surface area contributed by atoms with Gasteiger partial charge in [0.15, 0.2) is 11.5 Å². The first kappa shape index (κ1) is 26.2. The van der Waals surface area contributed by atoms with E-state index in [1.807, 2.05) is 18.2 Å². The second-order valence-electron chi connectivity index (χ2n) is 9.98. The van der Waals surface area contributed by atoms with E-state index >= 15 is 0 Å². The fourth-order valence-corrected chi connectivity index (χ4v) is 4.73. The van der Waals surface area contributed by atoms with Crippen molar-refractivity contribution in [3.05, 3.63) is 88.7 Å². The number of methoxy groups -OCH3 is 1. The van der Waals surface area contributed by atoms with Crippen molar-refractivity contribution in [1.29, 1.82) is 0 Å². The second kappa shape index (κ2) is 11.9. The van der Waals surface area contributed by atoms with Crippen molar-refractivity contribution in [1.82, 2.24) is 9.88 Å². The van der Waals surface area contributed by atoms with Gasteiger partial charge in [0.1, 0.15) is 18.4 Å². The molecule has 0 unspecified atom stereocenters. The van der Waals surface area contributed by atoms with Crippen molar-refractivity contribution in [2.75, 3.05) is 33.4 Å². The van der Waals surface area contributed by atoms with E-state index in [1.165, 1.54) is 24.0 Å². The number of amides is 1. The third-order valence-electron chi connectivity index (χ3n) is 7.12. The highest BCUT2D eigenvalue weighted by Crippen LogP contribution is 2.42. The van der Waals surface area contributed by atoms with Crippen LogP contribution in [0.1, 0.15) is 57.4 Å². The van der Waals surface area contributed by atoms with E-state index in [-0.39, 0.29) is 31.6 Å². The molecule has 1 aliphatic heterocycles. The number of carbonyl (C=O) groups is 1. The Kier molecular flexibility index (Phi) is 8.22. The SMILES string of the molecule is COc1cc(C2CN(C(=O)c3cc(COC[C@@H](O)CO)ccn3)C2)ccc1OCc1ccccc1C1CC1. The maximum absolute atomic E-state index is 13.0. The molecule has 200 valence electrons. The predicted molar refractivity (Wildman–Crippen MR) is 141 cm³/mol. The van der Waals surface area contributed by atoms with Gasteiger partial charge in [-0.2, -0.15) is 0 Å². The first-order chi connectivity index (χ1) is 18.6. The summed E-state index contributed by atoms with van der Waals surface area (Å²) in [7, 11) is 1.65. The van der Waals surface area contributed by atoms with E-state index in [4.69, 9.17) is 19.3 Å². The molecule has 3 aromatic rings. The van der Waals surface area contributed by atoms with Gasteiger partial charge in [0.2, 0.25) is 0 Å². The van der Waals surface area contributed by atoms with Crippen molar-refractivity contribution in [3.63, 3.8) is 0 Å². The number of hydrogen-bond donors (Lipinski definition) is 2. The number of hydrogen-bond acceptors (Lipinski definition) is 7. The first-order valence-electron chi connectivity index (χ1n) is 13.0. The number of pyridine rings is 1. The Labute approximate surface area is 222 Å². The Morgan fingerprint density at radius 3 is 2.63 bits per heavy atom. The Morgan fingerprint density at radius 2 is 1.87 bits per heavy atom. The zero-order valence-electron chi connectivity index (χ0n) is 21.6. The van der Waals surface area contributed by atoms with Gasteiger partial charge >= 0.3 is 0 Å². The summed E-state index contributed by atoms with van der Waals surface area (Å²) >= 11 is 0. The number of aromatic nitrogens is 1. The van der Waals surface area contributed by atoms with Crippen LogP contribution in [0.15, 0.2) is 60.8 Å². The molecule has 0 radical (unpaired) electrons. The summed E-state index contributed by atoms with van der Waals surface area (Å²) in [6, 6.07) is 18.0. The zero-order valence-corrected chi connectivity index (χ0v) is 21.6. The molecule has 1 saturated carbocycles. The van der Waals surface area contributed by atoms with Gasteiger partial charge in [0.05, 0.1) is 26.9 Å². The smallest absolute Gasteiger partial charge is 0.272 e. The van der Waals surface area contributed by atoms with Crippen LogP contribution in [-0.4, -0.2) is 65.5 Å². The summed E-state index contributed by atoms with van der Waals surface area (Å²) in [5, 5.41) is 18.3. The average molecular weight is 519 g/mol. The van der Waals surface area contributed by atoms with Crippen LogP contribution in [-0.2, 0) is 18.0 Å². The number of benzene rings is 2.